The second-order valence-electron chi connectivity index (χ2n) is 2.93. The summed E-state index contributed by atoms with van der Waals surface area (Å²) in [5.74, 6) is 0. The molecular formula is C7H14O6. The van der Waals surface area contributed by atoms with E-state index in [1.807, 2.05) is 0 Å². The van der Waals surface area contributed by atoms with Gasteiger partial charge in [0, 0.05) is 7.11 Å². The lowest BCUT2D eigenvalue weighted by atomic mass is 10.1. The van der Waals surface area contributed by atoms with Crippen LogP contribution in [0, 0.1) is 0 Å². The molecule has 0 aromatic carbocycles. The molecule has 78 valence electrons. The summed E-state index contributed by atoms with van der Waals surface area (Å²) in [6.45, 7) is -0.510. The van der Waals surface area contributed by atoms with Gasteiger partial charge >= 0.3 is 0 Å². The van der Waals surface area contributed by atoms with Crippen LogP contribution in [0.15, 0.2) is 0 Å². The standard InChI is InChI=1S/C7H14O6/c1-12-6-4(10)7(11)13-5(6)3(9)2-8/h3-11H,2H2,1H3/t3?,4?,5-,6-,7?/m0/s1. The normalized spacial score (nSPS) is 42.2. The fraction of sp³-hybridized carbons (Fsp3) is 1.00. The Hall–Kier alpha value is -0.240. The second-order valence-corrected chi connectivity index (χ2v) is 2.93. The van der Waals surface area contributed by atoms with Gasteiger partial charge in [0.1, 0.15) is 24.4 Å². The van der Waals surface area contributed by atoms with Crippen LogP contribution in [0.1, 0.15) is 0 Å². The molecule has 0 amide bonds. The minimum Gasteiger partial charge on any atom is -0.394 e. The average molecular weight is 194 g/mol. The number of aliphatic hydroxyl groups is 4. The highest BCUT2D eigenvalue weighted by atomic mass is 16.7. The molecule has 1 fully saturated rings. The molecule has 6 nitrogen and oxygen atoms in total. The van der Waals surface area contributed by atoms with Gasteiger partial charge in [-0.05, 0) is 0 Å². The van der Waals surface area contributed by atoms with Gasteiger partial charge in [-0.3, -0.25) is 0 Å². The molecule has 4 N–H and O–H groups in total. The summed E-state index contributed by atoms with van der Waals surface area (Å²) in [5.41, 5.74) is 0. The molecule has 6 heteroatoms. The lowest BCUT2D eigenvalue weighted by Gasteiger charge is -2.21. The van der Waals surface area contributed by atoms with Crippen LogP contribution in [0.5, 0.6) is 0 Å². The average Bonchev–Trinajstić information content (AvgIpc) is 2.42. The highest BCUT2D eigenvalue weighted by Gasteiger charge is 2.46. The Balaban J connectivity index is 2.64. The number of rotatable bonds is 3. The van der Waals surface area contributed by atoms with E-state index in [1.165, 1.54) is 7.11 Å². The topological polar surface area (TPSA) is 99.4 Å². The van der Waals surface area contributed by atoms with Gasteiger partial charge in [-0.1, -0.05) is 0 Å². The summed E-state index contributed by atoms with van der Waals surface area (Å²) in [7, 11) is 1.33. The highest BCUT2D eigenvalue weighted by molar-refractivity contribution is 4.90. The van der Waals surface area contributed by atoms with E-state index in [2.05, 4.69) is 0 Å². The van der Waals surface area contributed by atoms with E-state index in [0.717, 1.165) is 0 Å². The first-order valence-electron chi connectivity index (χ1n) is 3.95. The van der Waals surface area contributed by atoms with Gasteiger partial charge in [0.2, 0.25) is 0 Å². The Bertz CT molecular complexity index is 163. The smallest absolute Gasteiger partial charge is 0.184 e. The maximum Gasteiger partial charge on any atom is 0.184 e. The first kappa shape index (κ1) is 10.8. The van der Waals surface area contributed by atoms with Crippen molar-refractivity contribution in [1.82, 2.24) is 0 Å². The molecule has 1 saturated heterocycles. The Morgan fingerprint density at radius 3 is 2.54 bits per heavy atom. The summed E-state index contributed by atoms with van der Waals surface area (Å²) in [5, 5.41) is 36.2. The molecule has 0 bridgehead atoms. The zero-order valence-electron chi connectivity index (χ0n) is 7.20. The maximum absolute atomic E-state index is 9.28. The van der Waals surface area contributed by atoms with E-state index < -0.39 is 37.3 Å². The van der Waals surface area contributed by atoms with Gasteiger partial charge in [-0.25, -0.2) is 0 Å². The van der Waals surface area contributed by atoms with Crippen LogP contribution in [0.25, 0.3) is 0 Å². The summed E-state index contributed by atoms with van der Waals surface area (Å²) >= 11 is 0. The van der Waals surface area contributed by atoms with E-state index in [4.69, 9.17) is 19.7 Å². The van der Waals surface area contributed by atoms with Gasteiger partial charge in [0.05, 0.1) is 6.61 Å². The SMILES string of the molecule is CO[C@H]1C(O)C(O)O[C@H]1C(O)CO. The minimum absolute atomic E-state index is 0.510. The molecule has 0 radical (unpaired) electrons. The summed E-state index contributed by atoms with van der Waals surface area (Å²) in [6.07, 6.45) is -5.47. The summed E-state index contributed by atoms with van der Waals surface area (Å²) in [4.78, 5) is 0. The quantitative estimate of drug-likeness (QED) is 0.394. The molecule has 1 rings (SSSR count). The summed E-state index contributed by atoms with van der Waals surface area (Å²) < 4.78 is 9.62. The second kappa shape index (κ2) is 4.32. The van der Waals surface area contributed by atoms with Crippen LogP contribution >= 0.6 is 0 Å². The third kappa shape index (κ3) is 1.98. The zero-order chi connectivity index (χ0) is 10.0. The van der Waals surface area contributed by atoms with Crippen LogP contribution < -0.4 is 0 Å². The molecule has 0 saturated carbocycles. The van der Waals surface area contributed by atoms with Gasteiger partial charge < -0.3 is 29.9 Å². The predicted molar refractivity (Wildman–Crippen MR) is 40.8 cm³/mol. The molecule has 1 heterocycles. The van der Waals surface area contributed by atoms with Gasteiger partial charge in [0.15, 0.2) is 6.29 Å². The maximum atomic E-state index is 9.28. The monoisotopic (exact) mass is 194 g/mol. The highest BCUT2D eigenvalue weighted by Crippen LogP contribution is 2.24. The Morgan fingerprint density at radius 2 is 2.08 bits per heavy atom. The number of hydrogen-bond acceptors (Lipinski definition) is 6. The molecule has 0 aliphatic carbocycles. The van der Waals surface area contributed by atoms with Crippen LogP contribution in [0.4, 0.5) is 0 Å². The number of hydrogen-bond donors (Lipinski definition) is 4. The minimum atomic E-state index is -1.38. The third-order valence-corrected chi connectivity index (χ3v) is 2.09. The summed E-state index contributed by atoms with van der Waals surface area (Å²) in [6, 6.07) is 0. The Kier molecular flexibility index (Phi) is 3.60. The van der Waals surface area contributed by atoms with Crippen molar-refractivity contribution in [2.75, 3.05) is 13.7 Å². The lowest BCUT2D eigenvalue weighted by Crippen LogP contribution is -2.41. The predicted octanol–water partition coefficient (Wildman–Crippen LogP) is -2.57. The van der Waals surface area contributed by atoms with Crippen molar-refractivity contribution in [3.63, 3.8) is 0 Å². The first-order valence-corrected chi connectivity index (χ1v) is 3.95. The van der Waals surface area contributed by atoms with Crippen molar-refractivity contribution < 1.29 is 29.9 Å². The van der Waals surface area contributed by atoms with Gasteiger partial charge in [0.25, 0.3) is 0 Å². The first-order chi connectivity index (χ1) is 6.11. The van der Waals surface area contributed by atoms with E-state index in [1.54, 1.807) is 0 Å². The fourth-order valence-corrected chi connectivity index (χ4v) is 1.36. The zero-order valence-corrected chi connectivity index (χ0v) is 7.20. The van der Waals surface area contributed by atoms with Crippen molar-refractivity contribution in [3.8, 4) is 0 Å². The van der Waals surface area contributed by atoms with Crippen LogP contribution in [-0.4, -0.2) is 64.8 Å². The van der Waals surface area contributed by atoms with E-state index >= 15 is 0 Å². The number of methoxy groups -OCH3 is 1. The molecule has 13 heavy (non-hydrogen) atoms. The Labute approximate surface area is 75.3 Å². The van der Waals surface area contributed by atoms with Crippen molar-refractivity contribution >= 4 is 0 Å². The van der Waals surface area contributed by atoms with Crippen LogP contribution in [0.3, 0.4) is 0 Å². The number of aliphatic hydroxyl groups excluding tert-OH is 4. The van der Waals surface area contributed by atoms with Gasteiger partial charge in [-0.15, -0.1) is 0 Å². The number of ether oxygens (including phenoxy) is 2. The molecule has 1 aliphatic heterocycles. The molecule has 0 spiro atoms. The largest absolute Gasteiger partial charge is 0.394 e. The van der Waals surface area contributed by atoms with E-state index in [-0.39, 0.29) is 0 Å². The molecule has 0 aromatic rings. The third-order valence-electron chi connectivity index (χ3n) is 2.09. The van der Waals surface area contributed by atoms with E-state index in [9.17, 15) is 10.2 Å². The Morgan fingerprint density at radius 1 is 1.46 bits per heavy atom. The van der Waals surface area contributed by atoms with Crippen molar-refractivity contribution in [2.24, 2.45) is 0 Å². The van der Waals surface area contributed by atoms with Crippen molar-refractivity contribution in [2.45, 2.75) is 30.7 Å². The van der Waals surface area contributed by atoms with E-state index in [0.29, 0.717) is 0 Å². The fourth-order valence-electron chi connectivity index (χ4n) is 1.36. The molecule has 0 aromatic heterocycles. The van der Waals surface area contributed by atoms with Crippen LogP contribution in [0.2, 0.25) is 0 Å². The van der Waals surface area contributed by atoms with Crippen molar-refractivity contribution in [3.05, 3.63) is 0 Å². The molecule has 5 atom stereocenters. The molecular weight excluding hydrogens is 180 g/mol. The van der Waals surface area contributed by atoms with Gasteiger partial charge in [-0.2, -0.15) is 0 Å². The lowest BCUT2D eigenvalue weighted by molar-refractivity contribution is -0.150. The molecule has 1 aliphatic rings. The van der Waals surface area contributed by atoms with Crippen LogP contribution in [-0.2, 0) is 9.47 Å². The molecule has 3 unspecified atom stereocenters. The van der Waals surface area contributed by atoms with Crippen molar-refractivity contribution in [1.29, 1.82) is 0 Å².